The maximum Gasteiger partial charge on any atom is 2.00 e. The van der Waals surface area contributed by atoms with Crippen molar-refractivity contribution < 1.29 is 71.9 Å². The van der Waals surface area contributed by atoms with Crippen LogP contribution in [0.25, 0.3) is 0 Å². The van der Waals surface area contributed by atoms with Crippen LogP contribution < -0.4 is 44.9 Å². The van der Waals surface area contributed by atoms with Gasteiger partial charge in [0.2, 0.25) is 0 Å². The zero-order valence-electron chi connectivity index (χ0n) is 22.5. The number of carbonyl (C=O) groups excluding carboxylic acids is 3. The Morgan fingerprint density at radius 2 is 1.00 bits per heavy atom. The number of hydrogen-bond acceptors (Lipinski definition) is 9. The van der Waals surface area contributed by atoms with Crippen molar-refractivity contribution in [3.8, 4) is 0 Å². The molecule has 12 heteroatoms. The third-order valence-corrected chi connectivity index (χ3v) is 5.09. The average molecular weight is 567 g/mol. The van der Waals surface area contributed by atoms with Crippen LogP contribution in [0.5, 0.6) is 0 Å². The SMILES string of the molecule is CC(=O)[O-].CC(=O)[O-].CC(=O)[O-].CCCCCCCCCCCCOS(=O)(=O)c1ccccc1.[Ca+2].[Na+]. The van der Waals surface area contributed by atoms with Gasteiger partial charge in [-0.1, -0.05) is 82.9 Å². The van der Waals surface area contributed by atoms with E-state index in [2.05, 4.69) is 6.92 Å². The molecule has 198 valence electrons. The van der Waals surface area contributed by atoms with Crippen LogP contribution in [0.1, 0.15) is 91.9 Å². The molecule has 0 fully saturated rings. The van der Waals surface area contributed by atoms with Gasteiger partial charge in [0.25, 0.3) is 10.1 Å². The van der Waals surface area contributed by atoms with Gasteiger partial charge in [0.05, 0.1) is 11.5 Å². The molecule has 0 atom stereocenters. The average Bonchev–Trinajstić information content (AvgIpc) is 2.71. The molecule has 0 N–H and O–H groups in total. The third kappa shape index (κ3) is 47.1. The van der Waals surface area contributed by atoms with E-state index < -0.39 is 28.0 Å². The van der Waals surface area contributed by atoms with E-state index in [4.69, 9.17) is 33.9 Å². The van der Waals surface area contributed by atoms with Crippen LogP contribution in [0, 0.1) is 0 Å². The summed E-state index contributed by atoms with van der Waals surface area (Å²) in [4.78, 5) is 26.9. The second-order valence-corrected chi connectivity index (χ2v) is 8.86. The summed E-state index contributed by atoms with van der Waals surface area (Å²) < 4.78 is 28.8. The smallest absolute Gasteiger partial charge is 0.550 e. The fourth-order valence-electron chi connectivity index (χ4n) is 2.41. The van der Waals surface area contributed by atoms with Crippen molar-refractivity contribution in [2.45, 2.75) is 96.8 Å². The zero-order chi connectivity index (χ0) is 26.8. The van der Waals surface area contributed by atoms with Crippen molar-refractivity contribution >= 4 is 65.8 Å². The number of unbranched alkanes of at least 4 members (excludes halogenated alkanes) is 9. The number of benzene rings is 1. The van der Waals surface area contributed by atoms with Crippen molar-refractivity contribution in [1.82, 2.24) is 0 Å². The molecule has 0 aliphatic rings. The molecule has 36 heavy (non-hydrogen) atoms. The summed E-state index contributed by atoms with van der Waals surface area (Å²) in [7, 11) is -3.57. The summed E-state index contributed by atoms with van der Waals surface area (Å²) in [6.07, 6.45) is 12.3. The molecule has 0 aliphatic heterocycles. The summed E-state index contributed by atoms with van der Waals surface area (Å²) in [6, 6.07) is 8.33. The maximum atomic E-state index is 11.9. The third-order valence-electron chi connectivity index (χ3n) is 3.77. The summed E-state index contributed by atoms with van der Waals surface area (Å²) in [5, 5.41) is 26.7. The second-order valence-electron chi connectivity index (χ2n) is 7.25. The van der Waals surface area contributed by atoms with Gasteiger partial charge in [-0.05, 0) is 39.3 Å². The van der Waals surface area contributed by atoms with Gasteiger partial charge in [-0.3, -0.25) is 4.18 Å². The molecule has 0 bridgehead atoms. The Morgan fingerprint density at radius 1 is 0.694 bits per heavy atom. The Labute approximate surface area is 268 Å². The molecule has 0 unspecified atom stereocenters. The second kappa shape index (κ2) is 32.8. The minimum absolute atomic E-state index is 0. The number of carboxylic acid groups (broad SMARTS) is 3. The van der Waals surface area contributed by atoms with Crippen LogP contribution >= 0.6 is 0 Å². The number of hydrogen-bond donors (Lipinski definition) is 0. The fourth-order valence-corrected chi connectivity index (χ4v) is 3.38. The van der Waals surface area contributed by atoms with Gasteiger partial charge in [-0.25, -0.2) is 0 Å². The molecule has 0 amide bonds. The first-order valence-electron chi connectivity index (χ1n) is 11.3. The molecular formula is C24H39CaNaO9S. The summed E-state index contributed by atoms with van der Waals surface area (Å²) >= 11 is 0. The van der Waals surface area contributed by atoms with Crippen LogP contribution in [-0.2, 0) is 28.7 Å². The molecule has 1 aromatic rings. The normalized spacial score (nSPS) is 9.22. The molecule has 0 saturated carbocycles. The molecule has 0 aromatic heterocycles. The predicted molar refractivity (Wildman–Crippen MR) is 129 cm³/mol. The van der Waals surface area contributed by atoms with Crippen LogP contribution in [0.15, 0.2) is 35.2 Å². The Morgan fingerprint density at radius 3 is 1.33 bits per heavy atom. The standard InChI is InChI=1S/C18H30O3S.3C2H4O2.Ca.Na/c1-2-3-4-5-6-7-8-9-10-14-17-21-22(19,20)18-15-12-11-13-16-18;3*1-2(3)4;;/h11-13,15-16H,2-10,14,17H2,1H3;3*1H3,(H,3,4);;/q;;;;+2;+1/p-3. The van der Waals surface area contributed by atoms with Gasteiger partial charge in [0.15, 0.2) is 0 Å². The Kier molecular flexibility index (Phi) is 41.7. The van der Waals surface area contributed by atoms with Crippen LogP contribution in [0.4, 0.5) is 0 Å². The monoisotopic (exact) mass is 566 g/mol. The quantitative estimate of drug-likeness (QED) is 0.152. The molecule has 0 radical (unpaired) electrons. The van der Waals surface area contributed by atoms with Crippen molar-refractivity contribution in [2.75, 3.05) is 6.61 Å². The first-order chi connectivity index (χ1) is 15.9. The van der Waals surface area contributed by atoms with Gasteiger partial charge in [0.1, 0.15) is 0 Å². The zero-order valence-corrected chi connectivity index (χ0v) is 27.5. The van der Waals surface area contributed by atoms with E-state index in [-0.39, 0.29) is 78.8 Å². The van der Waals surface area contributed by atoms with Gasteiger partial charge < -0.3 is 29.7 Å². The van der Waals surface area contributed by atoms with Crippen molar-refractivity contribution in [2.24, 2.45) is 0 Å². The number of carboxylic acids is 3. The van der Waals surface area contributed by atoms with Crippen molar-refractivity contribution in [3.05, 3.63) is 30.3 Å². The van der Waals surface area contributed by atoms with Gasteiger partial charge in [0, 0.05) is 17.9 Å². The van der Waals surface area contributed by atoms with Crippen LogP contribution in [-0.4, -0.2) is 70.7 Å². The largest absolute Gasteiger partial charge is 2.00 e. The Bertz CT molecular complexity index is 705. The van der Waals surface area contributed by atoms with Crippen LogP contribution in [0.3, 0.4) is 0 Å². The molecule has 0 aliphatic carbocycles. The predicted octanol–water partition coefficient (Wildman–Crippen LogP) is -1.80. The number of aliphatic carboxylic acids is 3. The van der Waals surface area contributed by atoms with Crippen molar-refractivity contribution in [1.29, 1.82) is 0 Å². The summed E-state index contributed by atoms with van der Waals surface area (Å²) in [5.74, 6) is -3.25. The Hall–Kier alpha value is -0.200. The molecule has 0 spiro atoms. The van der Waals surface area contributed by atoms with E-state index >= 15 is 0 Å². The van der Waals surface area contributed by atoms with E-state index in [9.17, 15) is 8.42 Å². The van der Waals surface area contributed by atoms with Crippen LogP contribution in [0.2, 0.25) is 0 Å². The van der Waals surface area contributed by atoms with Gasteiger partial charge in [-0.15, -0.1) is 0 Å². The molecule has 9 nitrogen and oxygen atoms in total. The number of rotatable bonds is 13. The van der Waals surface area contributed by atoms with E-state index in [1.54, 1.807) is 30.3 Å². The fraction of sp³-hybridized carbons (Fsp3) is 0.625. The van der Waals surface area contributed by atoms with E-state index in [1.165, 1.54) is 51.4 Å². The van der Waals surface area contributed by atoms with Crippen molar-refractivity contribution in [3.63, 3.8) is 0 Å². The number of carbonyl (C=O) groups is 3. The molecule has 0 heterocycles. The summed E-state index contributed by atoms with van der Waals surface area (Å²) in [6.45, 7) is 5.44. The van der Waals surface area contributed by atoms with Gasteiger partial charge in [-0.2, -0.15) is 8.42 Å². The van der Waals surface area contributed by atoms with E-state index in [0.29, 0.717) is 0 Å². The van der Waals surface area contributed by atoms with E-state index in [1.807, 2.05) is 0 Å². The molecule has 1 aromatic carbocycles. The molecule has 0 saturated heterocycles. The Balaban J connectivity index is -0.000000191. The van der Waals surface area contributed by atoms with Gasteiger partial charge >= 0.3 is 67.3 Å². The summed E-state index contributed by atoms with van der Waals surface area (Å²) in [5.41, 5.74) is 0. The maximum absolute atomic E-state index is 11.9. The first-order valence-corrected chi connectivity index (χ1v) is 12.7. The van der Waals surface area contributed by atoms with E-state index in [0.717, 1.165) is 33.6 Å². The minimum atomic E-state index is -3.57. The first kappa shape index (κ1) is 45.7. The molecular weight excluding hydrogens is 527 g/mol. The molecule has 1 rings (SSSR count). The minimum Gasteiger partial charge on any atom is -0.550 e. The topological polar surface area (TPSA) is 164 Å².